The van der Waals surface area contributed by atoms with E-state index in [9.17, 15) is 8.42 Å². The molecule has 2 N–H and O–H groups in total. The fraction of sp³-hybridized carbons (Fsp3) is 0.300. The molecule has 3 rings (SSSR count). The third kappa shape index (κ3) is 2.28. The number of hydrogen-bond acceptors (Lipinski definition) is 5. The third-order valence-electron chi connectivity index (χ3n) is 2.76. The Morgan fingerprint density at radius 1 is 1.47 bits per heavy atom. The zero-order valence-electron chi connectivity index (χ0n) is 9.64. The zero-order valence-corrected chi connectivity index (χ0v) is 12.0. The van der Waals surface area contributed by atoms with Crippen LogP contribution in [0.25, 0.3) is 0 Å². The quantitative estimate of drug-likeness (QED) is 0.879. The van der Waals surface area contributed by atoms with Gasteiger partial charge in [0.1, 0.15) is 0 Å². The van der Waals surface area contributed by atoms with Crippen LogP contribution < -0.4 is 4.72 Å². The molecule has 0 atom stereocenters. The normalized spacial score (nSPS) is 15.2. The molecule has 102 valence electrons. The molecule has 0 radical (unpaired) electrons. The Balaban J connectivity index is 1.93. The number of nitrogens with zero attached hydrogens (tertiary/aromatic N) is 1. The molecule has 0 aliphatic carbocycles. The summed E-state index contributed by atoms with van der Waals surface area (Å²) in [6.07, 6.45) is 1.98. The maximum Gasteiger partial charge on any atom is 0.297 e. The van der Waals surface area contributed by atoms with Crippen molar-refractivity contribution in [3.63, 3.8) is 0 Å². The maximum absolute atomic E-state index is 12.1. The molecule has 1 aliphatic heterocycles. The van der Waals surface area contributed by atoms with Gasteiger partial charge in [-0.25, -0.2) is 0 Å². The van der Waals surface area contributed by atoms with E-state index < -0.39 is 10.0 Å². The second-order valence-electron chi connectivity index (χ2n) is 3.99. The molecular formula is C10H10BrN3O4S. The lowest BCUT2D eigenvalue weighted by Crippen LogP contribution is -2.16. The monoisotopic (exact) mass is 347 g/mol. The van der Waals surface area contributed by atoms with E-state index in [0.717, 1.165) is 11.3 Å². The Hall–Kier alpha value is -1.32. The molecule has 0 bridgehead atoms. The Bertz CT molecular complexity index is 706. The van der Waals surface area contributed by atoms with E-state index >= 15 is 0 Å². The van der Waals surface area contributed by atoms with E-state index in [2.05, 4.69) is 30.8 Å². The highest BCUT2D eigenvalue weighted by molar-refractivity contribution is 9.10. The van der Waals surface area contributed by atoms with Crippen LogP contribution in [0.1, 0.15) is 11.3 Å². The van der Waals surface area contributed by atoms with Crippen molar-refractivity contribution >= 4 is 31.8 Å². The lowest BCUT2D eigenvalue weighted by atomic mass is 10.1. The third-order valence-corrected chi connectivity index (χ3v) is 4.91. The summed E-state index contributed by atoms with van der Waals surface area (Å²) in [6.45, 7) is 0.939. The van der Waals surface area contributed by atoms with E-state index in [1.165, 1.54) is 12.3 Å². The Labute approximate surface area is 117 Å². The summed E-state index contributed by atoms with van der Waals surface area (Å²) in [5, 5.41) is 6.60. The van der Waals surface area contributed by atoms with Crippen LogP contribution >= 0.6 is 15.9 Å². The predicted molar refractivity (Wildman–Crippen MR) is 69.2 cm³/mol. The molecule has 0 spiro atoms. The maximum atomic E-state index is 12.1. The zero-order chi connectivity index (χ0) is 13.5. The van der Waals surface area contributed by atoms with Gasteiger partial charge in [-0.15, -0.1) is 0 Å². The van der Waals surface area contributed by atoms with Crippen LogP contribution in [0.15, 0.2) is 26.3 Å². The highest BCUT2D eigenvalue weighted by Crippen LogP contribution is 2.27. The van der Waals surface area contributed by atoms with Crippen LogP contribution in [0.5, 0.6) is 0 Å². The van der Waals surface area contributed by atoms with Gasteiger partial charge in [-0.05, 0) is 22.0 Å². The minimum atomic E-state index is -3.81. The van der Waals surface area contributed by atoms with Gasteiger partial charge in [0.25, 0.3) is 15.1 Å². The van der Waals surface area contributed by atoms with E-state index in [-0.39, 0.29) is 10.9 Å². The second kappa shape index (κ2) is 4.66. The first kappa shape index (κ1) is 12.7. The molecule has 2 aromatic heterocycles. The van der Waals surface area contributed by atoms with Gasteiger partial charge < -0.3 is 9.15 Å². The van der Waals surface area contributed by atoms with Crippen LogP contribution in [0.3, 0.4) is 0 Å². The average Bonchev–Trinajstić information content (AvgIpc) is 2.97. The number of halogens is 1. The van der Waals surface area contributed by atoms with Crippen molar-refractivity contribution in [2.75, 3.05) is 11.3 Å². The highest BCUT2D eigenvalue weighted by atomic mass is 79.9. The van der Waals surface area contributed by atoms with Gasteiger partial charge in [-0.1, -0.05) is 0 Å². The number of fused-ring (bicyclic) bond motifs is 1. The first-order valence-corrected chi connectivity index (χ1v) is 7.75. The summed E-state index contributed by atoms with van der Waals surface area (Å²) in [7, 11) is -3.81. The smallest absolute Gasteiger partial charge is 0.297 e. The first-order chi connectivity index (χ1) is 9.08. The minimum absolute atomic E-state index is 0.180. The molecule has 3 heterocycles. The molecule has 9 heteroatoms. The molecule has 2 aromatic rings. The van der Waals surface area contributed by atoms with Crippen LogP contribution in [0, 0.1) is 0 Å². The molecule has 0 unspecified atom stereocenters. The average molecular weight is 348 g/mol. The van der Waals surface area contributed by atoms with Gasteiger partial charge >= 0.3 is 0 Å². The number of anilines is 1. The minimum Gasteiger partial charge on any atom is -0.450 e. The van der Waals surface area contributed by atoms with Gasteiger partial charge in [-0.3, -0.25) is 9.82 Å². The van der Waals surface area contributed by atoms with E-state index in [1.54, 1.807) is 0 Å². The molecule has 19 heavy (non-hydrogen) atoms. The van der Waals surface area contributed by atoms with Crippen molar-refractivity contribution in [3.8, 4) is 0 Å². The number of rotatable bonds is 3. The van der Waals surface area contributed by atoms with Crippen molar-refractivity contribution in [3.05, 3.63) is 28.1 Å². The number of hydrogen-bond donors (Lipinski definition) is 2. The van der Waals surface area contributed by atoms with Gasteiger partial charge in [0.15, 0.2) is 5.82 Å². The number of sulfonamides is 1. The first-order valence-electron chi connectivity index (χ1n) is 5.47. The SMILES string of the molecule is O=S(=O)(Nc1n[nH]c2c1COCC2)c1occc1Br. The summed E-state index contributed by atoms with van der Waals surface area (Å²) in [4.78, 5) is 0. The highest BCUT2D eigenvalue weighted by Gasteiger charge is 2.26. The molecular weight excluding hydrogens is 338 g/mol. The number of furan rings is 1. The van der Waals surface area contributed by atoms with E-state index in [4.69, 9.17) is 9.15 Å². The standard InChI is InChI=1S/C10H10BrN3O4S/c11-7-1-4-18-10(7)19(15,16)14-9-6-5-17-3-2-8(6)12-13-9/h1,4H,2-3,5H2,(H2,12,13,14). The summed E-state index contributed by atoms with van der Waals surface area (Å²) in [5.41, 5.74) is 1.62. The van der Waals surface area contributed by atoms with Gasteiger partial charge in [-0.2, -0.15) is 13.5 Å². The number of nitrogens with one attached hydrogen (secondary N) is 2. The van der Waals surface area contributed by atoms with E-state index in [1.807, 2.05) is 0 Å². The molecule has 7 nitrogen and oxygen atoms in total. The summed E-state index contributed by atoms with van der Waals surface area (Å²) >= 11 is 3.12. The molecule has 0 amide bonds. The number of ether oxygens (including phenoxy) is 1. The summed E-state index contributed by atoms with van der Waals surface area (Å²) < 4.78 is 37.3. The lowest BCUT2D eigenvalue weighted by Gasteiger charge is -2.12. The van der Waals surface area contributed by atoms with Gasteiger partial charge in [0.2, 0.25) is 0 Å². The molecule has 0 aromatic carbocycles. The van der Waals surface area contributed by atoms with Crippen molar-refractivity contribution in [2.45, 2.75) is 18.1 Å². The second-order valence-corrected chi connectivity index (χ2v) is 6.43. The summed E-state index contributed by atoms with van der Waals surface area (Å²) in [5.74, 6) is 0.248. The van der Waals surface area contributed by atoms with Crippen LogP contribution in [-0.4, -0.2) is 25.2 Å². The largest absolute Gasteiger partial charge is 0.450 e. The Morgan fingerprint density at radius 3 is 3.05 bits per heavy atom. The van der Waals surface area contributed by atoms with Crippen LogP contribution in [-0.2, 0) is 27.8 Å². The topological polar surface area (TPSA) is 97.2 Å². The molecule has 0 saturated heterocycles. The van der Waals surface area contributed by atoms with Crippen molar-refractivity contribution in [1.29, 1.82) is 0 Å². The lowest BCUT2D eigenvalue weighted by molar-refractivity contribution is 0.110. The number of aromatic nitrogens is 2. The van der Waals surface area contributed by atoms with Gasteiger partial charge in [0, 0.05) is 17.7 Å². The fourth-order valence-electron chi connectivity index (χ4n) is 1.84. The number of aromatic amines is 1. The van der Waals surface area contributed by atoms with E-state index in [0.29, 0.717) is 24.1 Å². The molecule has 0 saturated carbocycles. The Kier molecular flexibility index (Phi) is 3.11. The van der Waals surface area contributed by atoms with Crippen molar-refractivity contribution in [1.82, 2.24) is 10.2 Å². The van der Waals surface area contributed by atoms with Crippen LogP contribution in [0.4, 0.5) is 5.82 Å². The number of H-pyrrole nitrogens is 1. The van der Waals surface area contributed by atoms with Crippen molar-refractivity contribution < 1.29 is 17.6 Å². The molecule has 0 fully saturated rings. The van der Waals surface area contributed by atoms with Crippen molar-refractivity contribution in [2.24, 2.45) is 0 Å². The predicted octanol–water partition coefficient (Wildman–Crippen LogP) is 1.64. The molecule has 1 aliphatic rings. The fourth-order valence-corrected chi connectivity index (χ4v) is 3.71. The van der Waals surface area contributed by atoms with Crippen LogP contribution in [0.2, 0.25) is 0 Å². The summed E-state index contributed by atoms with van der Waals surface area (Å²) in [6, 6.07) is 1.51. The Morgan fingerprint density at radius 2 is 2.32 bits per heavy atom. The van der Waals surface area contributed by atoms with Gasteiger partial charge in [0.05, 0.1) is 23.9 Å².